The van der Waals surface area contributed by atoms with Gasteiger partial charge in [0.2, 0.25) is 5.91 Å². The van der Waals surface area contributed by atoms with Gasteiger partial charge in [0.15, 0.2) is 0 Å². The van der Waals surface area contributed by atoms with Gasteiger partial charge in [-0.15, -0.1) is 0 Å². The van der Waals surface area contributed by atoms with Crippen molar-refractivity contribution >= 4 is 23.5 Å². The van der Waals surface area contributed by atoms with Crippen LogP contribution in [0.3, 0.4) is 0 Å². The standard InChI is InChI=1S/C17H26ClN3O2/c1-11(2)15(12-6-8-13(18)9-7-12)20-16(23)19-10-14(22)21-17(3,4)5/h6-9,11,15H,10H2,1-5H3,(H,21,22)(H2,19,20,23)/t15-/m1/s1. The zero-order valence-electron chi connectivity index (χ0n) is 14.4. The molecule has 0 bridgehead atoms. The number of nitrogens with one attached hydrogen (secondary N) is 3. The molecule has 128 valence electrons. The van der Waals surface area contributed by atoms with Crippen molar-refractivity contribution in [1.82, 2.24) is 16.0 Å². The van der Waals surface area contributed by atoms with Crippen LogP contribution in [0.5, 0.6) is 0 Å². The first-order valence-electron chi connectivity index (χ1n) is 7.69. The van der Waals surface area contributed by atoms with Gasteiger partial charge in [-0.1, -0.05) is 37.6 Å². The molecule has 0 saturated carbocycles. The molecule has 0 fully saturated rings. The van der Waals surface area contributed by atoms with E-state index in [0.29, 0.717) is 5.02 Å². The van der Waals surface area contributed by atoms with E-state index in [2.05, 4.69) is 16.0 Å². The number of carbonyl (C=O) groups excluding carboxylic acids is 2. The summed E-state index contributed by atoms with van der Waals surface area (Å²) in [6.45, 7) is 9.65. The number of hydrogen-bond donors (Lipinski definition) is 3. The molecule has 0 aromatic heterocycles. The maximum atomic E-state index is 12.0. The van der Waals surface area contributed by atoms with Crippen molar-refractivity contribution in [2.75, 3.05) is 6.54 Å². The molecule has 0 aliphatic heterocycles. The van der Waals surface area contributed by atoms with Crippen molar-refractivity contribution < 1.29 is 9.59 Å². The normalized spacial score (nSPS) is 12.7. The lowest BCUT2D eigenvalue weighted by atomic mass is 9.96. The van der Waals surface area contributed by atoms with E-state index < -0.39 is 0 Å². The van der Waals surface area contributed by atoms with E-state index in [1.54, 1.807) is 12.1 Å². The fourth-order valence-corrected chi connectivity index (χ4v) is 2.25. The Balaban J connectivity index is 2.58. The Morgan fingerprint density at radius 3 is 2.17 bits per heavy atom. The molecule has 5 nitrogen and oxygen atoms in total. The van der Waals surface area contributed by atoms with Gasteiger partial charge < -0.3 is 16.0 Å². The van der Waals surface area contributed by atoms with Gasteiger partial charge in [0.05, 0.1) is 12.6 Å². The van der Waals surface area contributed by atoms with Crippen LogP contribution in [0.2, 0.25) is 5.02 Å². The Labute approximate surface area is 143 Å². The lowest BCUT2D eigenvalue weighted by Crippen LogP contribution is -2.48. The quantitative estimate of drug-likeness (QED) is 0.770. The average Bonchev–Trinajstić information content (AvgIpc) is 2.41. The second-order valence-electron chi connectivity index (χ2n) is 6.90. The molecule has 1 rings (SSSR count). The summed E-state index contributed by atoms with van der Waals surface area (Å²) in [6, 6.07) is 6.84. The maximum absolute atomic E-state index is 12.0. The number of carbonyl (C=O) groups is 2. The zero-order chi connectivity index (χ0) is 17.6. The lowest BCUT2D eigenvalue weighted by molar-refractivity contribution is -0.121. The number of urea groups is 1. The molecule has 0 aliphatic rings. The van der Waals surface area contributed by atoms with Gasteiger partial charge in [0.1, 0.15) is 0 Å². The highest BCUT2D eigenvalue weighted by Crippen LogP contribution is 2.23. The van der Waals surface area contributed by atoms with Crippen molar-refractivity contribution in [3.05, 3.63) is 34.9 Å². The van der Waals surface area contributed by atoms with E-state index in [9.17, 15) is 9.59 Å². The number of halogens is 1. The molecule has 6 heteroatoms. The SMILES string of the molecule is CC(C)[C@@H](NC(=O)NCC(=O)NC(C)(C)C)c1ccc(Cl)cc1. The maximum Gasteiger partial charge on any atom is 0.315 e. The molecule has 1 aromatic carbocycles. The van der Waals surface area contributed by atoms with Crippen molar-refractivity contribution in [2.24, 2.45) is 5.92 Å². The summed E-state index contributed by atoms with van der Waals surface area (Å²) in [7, 11) is 0. The van der Waals surface area contributed by atoms with E-state index in [0.717, 1.165) is 5.56 Å². The Morgan fingerprint density at radius 1 is 1.13 bits per heavy atom. The molecule has 0 unspecified atom stereocenters. The molecule has 0 radical (unpaired) electrons. The van der Waals surface area contributed by atoms with Crippen LogP contribution < -0.4 is 16.0 Å². The molecule has 0 saturated heterocycles. The Bertz CT molecular complexity index is 536. The highest BCUT2D eigenvalue weighted by Gasteiger charge is 2.19. The third kappa shape index (κ3) is 7.37. The molecule has 1 aromatic rings. The Morgan fingerprint density at radius 2 is 1.70 bits per heavy atom. The van der Waals surface area contributed by atoms with Gasteiger partial charge in [-0.3, -0.25) is 4.79 Å². The first kappa shape index (κ1) is 19.3. The minimum atomic E-state index is -0.372. The summed E-state index contributed by atoms with van der Waals surface area (Å²) in [5, 5.41) is 8.93. The second-order valence-corrected chi connectivity index (χ2v) is 7.33. The minimum absolute atomic E-state index is 0.0610. The van der Waals surface area contributed by atoms with Crippen LogP contribution in [0, 0.1) is 5.92 Å². The van der Waals surface area contributed by atoms with Crippen LogP contribution in [-0.4, -0.2) is 24.0 Å². The van der Waals surface area contributed by atoms with Gasteiger partial charge in [-0.25, -0.2) is 4.79 Å². The largest absolute Gasteiger partial charge is 0.350 e. The fourth-order valence-electron chi connectivity index (χ4n) is 2.12. The van der Waals surface area contributed by atoms with Gasteiger partial charge >= 0.3 is 6.03 Å². The Kier molecular flexibility index (Phi) is 6.88. The summed E-state index contributed by atoms with van der Waals surface area (Å²) >= 11 is 5.89. The second kappa shape index (κ2) is 8.20. The highest BCUT2D eigenvalue weighted by atomic mass is 35.5. The molecule has 3 N–H and O–H groups in total. The average molecular weight is 340 g/mol. The summed E-state index contributed by atoms with van der Waals surface area (Å²) in [6.07, 6.45) is 0. The first-order valence-corrected chi connectivity index (χ1v) is 8.07. The molecule has 0 spiro atoms. The van der Waals surface area contributed by atoms with Gasteiger partial charge in [0, 0.05) is 10.6 Å². The molecule has 1 atom stereocenters. The molecular formula is C17H26ClN3O2. The van der Waals surface area contributed by atoms with E-state index >= 15 is 0 Å². The number of hydrogen-bond acceptors (Lipinski definition) is 2. The van der Waals surface area contributed by atoms with Crippen LogP contribution in [-0.2, 0) is 4.79 Å². The minimum Gasteiger partial charge on any atom is -0.350 e. The zero-order valence-corrected chi connectivity index (χ0v) is 15.1. The highest BCUT2D eigenvalue weighted by molar-refractivity contribution is 6.30. The van der Waals surface area contributed by atoms with Crippen molar-refractivity contribution in [2.45, 2.75) is 46.2 Å². The first-order chi connectivity index (χ1) is 10.6. The van der Waals surface area contributed by atoms with E-state index in [1.165, 1.54) is 0 Å². The molecule has 0 aliphatic carbocycles. The van der Waals surface area contributed by atoms with E-state index in [1.807, 2.05) is 46.8 Å². The van der Waals surface area contributed by atoms with Crippen molar-refractivity contribution in [3.8, 4) is 0 Å². The number of benzene rings is 1. The third-order valence-corrected chi connectivity index (χ3v) is 3.36. The molecule has 23 heavy (non-hydrogen) atoms. The monoisotopic (exact) mass is 339 g/mol. The fraction of sp³-hybridized carbons (Fsp3) is 0.529. The number of rotatable bonds is 5. The lowest BCUT2D eigenvalue weighted by Gasteiger charge is -2.24. The Hall–Kier alpha value is -1.75. The predicted octanol–water partition coefficient (Wildman–Crippen LogP) is 3.25. The molecule has 3 amide bonds. The van der Waals surface area contributed by atoms with Crippen LogP contribution in [0.25, 0.3) is 0 Å². The van der Waals surface area contributed by atoms with Crippen LogP contribution in [0.15, 0.2) is 24.3 Å². The van der Waals surface area contributed by atoms with Crippen LogP contribution >= 0.6 is 11.6 Å². The van der Waals surface area contributed by atoms with Crippen LogP contribution in [0.1, 0.15) is 46.2 Å². The molecule has 0 heterocycles. The van der Waals surface area contributed by atoms with Crippen molar-refractivity contribution in [1.29, 1.82) is 0 Å². The topological polar surface area (TPSA) is 70.2 Å². The van der Waals surface area contributed by atoms with Gasteiger partial charge in [-0.2, -0.15) is 0 Å². The smallest absolute Gasteiger partial charge is 0.315 e. The summed E-state index contributed by atoms with van der Waals surface area (Å²) in [5.41, 5.74) is 0.651. The predicted molar refractivity (Wildman–Crippen MR) is 93.5 cm³/mol. The van der Waals surface area contributed by atoms with Crippen molar-refractivity contribution in [3.63, 3.8) is 0 Å². The third-order valence-electron chi connectivity index (χ3n) is 3.11. The summed E-state index contributed by atoms with van der Waals surface area (Å²) in [4.78, 5) is 23.8. The van der Waals surface area contributed by atoms with E-state index in [-0.39, 0.29) is 36.0 Å². The summed E-state index contributed by atoms with van der Waals surface area (Å²) in [5.74, 6) is -0.0226. The van der Waals surface area contributed by atoms with Gasteiger partial charge in [-0.05, 0) is 44.4 Å². The summed E-state index contributed by atoms with van der Waals surface area (Å²) < 4.78 is 0. The van der Waals surface area contributed by atoms with Crippen LogP contribution in [0.4, 0.5) is 4.79 Å². The number of amides is 3. The van der Waals surface area contributed by atoms with Gasteiger partial charge in [0.25, 0.3) is 0 Å². The molecular weight excluding hydrogens is 314 g/mol. The van der Waals surface area contributed by atoms with E-state index in [4.69, 9.17) is 11.6 Å².